The Bertz CT molecular complexity index is 614. The molecule has 1 aromatic carbocycles. The quantitative estimate of drug-likeness (QED) is 0.696. The van der Waals surface area contributed by atoms with Crippen molar-refractivity contribution >= 4 is 0 Å². The van der Waals surface area contributed by atoms with Crippen LogP contribution in [-0.4, -0.2) is 16.5 Å². The highest BCUT2D eigenvalue weighted by Gasteiger charge is 2.32. The summed E-state index contributed by atoms with van der Waals surface area (Å²) < 4.78 is 54.2. The van der Waals surface area contributed by atoms with E-state index in [2.05, 4.69) is 9.72 Å². The van der Waals surface area contributed by atoms with Crippen LogP contribution in [-0.2, 0) is 6.61 Å². The molecule has 0 atom stereocenters. The van der Waals surface area contributed by atoms with Crippen LogP contribution in [0.1, 0.15) is 5.56 Å². The predicted molar refractivity (Wildman–Crippen MR) is 62.2 cm³/mol. The van der Waals surface area contributed by atoms with Gasteiger partial charge in [0.05, 0.1) is 12.3 Å². The standard InChI is InChI=1S/C13H9F4NO2/c14-12-8(7-19)5-6-10(18-12)9-3-1-2-4-11(9)20-13(15,16)17/h1-6,19H,7H2. The van der Waals surface area contributed by atoms with Gasteiger partial charge < -0.3 is 9.84 Å². The molecule has 1 N–H and O–H groups in total. The van der Waals surface area contributed by atoms with E-state index in [1.165, 1.54) is 30.3 Å². The number of hydrogen-bond donors (Lipinski definition) is 1. The number of hydrogen-bond acceptors (Lipinski definition) is 3. The van der Waals surface area contributed by atoms with Crippen LogP contribution in [0, 0.1) is 5.95 Å². The van der Waals surface area contributed by atoms with Gasteiger partial charge in [-0.15, -0.1) is 13.2 Å². The molecule has 0 bridgehead atoms. The minimum atomic E-state index is -4.85. The third-order valence-corrected chi connectivity index (χ3v) is 2.49. The zero-order valence-electron chi connectivity index (χ0n) is 9.99. The number of rotatable bonds is 3. The summed E-state index contributed by atoms with van der Waals surface area (Å²) in [6, 6.07) is 7.86. The fourth-order valence-electron chi connectivity index (χ4n) is 1.62. The van der Waals surface area contributed by atoms with Crippen LogP contribution >= 0.6 is 0 Å². The van der Waals surface area contributed by atoms with E-state index < -0.39 is 24.7 Å². The van der Waals surface area contributed by atoms with E-state index in [1.807, 2.05) is 0 Å². The van der Waals surface area contributed by atoms with Gasteiger partial charge in [0.15, 0.2) is 0 Å². The Morgan fingerprint density at radius 1 is 1.10 bits per heavy atom. The number of para-hydroxylation sites is 1. The van der Waals surface area contributed by atoms with Crippen LogP contribution in [0.25, 0.3) is 11.3 Å². The second-order valence-electron chi connectivity index (χ2n) is 3.85. The molecule has 2 rings (SSSR count). The first-order chi connectivity index (χ1) is 9.40. The molecule has 0 radical (unpaired) electrons. The summed E-state index contributed by atoms with van der Waals surface area (Å²) in [4.78, 5) is 3.53. The number of alkyl halides is 3. The Kier molecular flexibility index (Phi) is 3.89. The number of nitrogens with zero attached hydrogens (tertiary/aromatic N) is 1. The van der Waals surface area contributed by atoms with E-state index in [9.17, 15) is 17.6 Å². The summed E-state index contributed by atoms with van der Waals surface area (Å²) in [5, 5.41) is 8.83. The molecular weight excluding hydrogens is 278 g/mol. The van der Waals surface area contributed by atoms with Crippen LogP contribution < -0.4 is 4.74 Å². The van der Waals surface area contributed by atoms with Gasteiger partial charge in [-0.1, -0.05) is 12.1 Å². The van der Waals surface area contributed by atoms with Gasteiger partial charge in [-0.2, -0.15) is 4.39 Å². The van der Waals surface area contributed by atoms with Crippen LogP contribution in [0.15, 0.2) is 36.4 Å². The normalized spacial score (nSPS) is 11.4. The highest BCUT2D eigenvalue weighted by atomic mass is 19.4. The van der Waals surface area contributed by atoms with Crippen LogP contribution in [0.3, 0.4) is 0 Å². The van der Waals surface area contributed by atoms with Crippen LogP contribution in [0.2, 0.25) is 0 Å². The zero-order chi connectivity index (χ0) is 14.8. The zero-order valence-corrected chi connectivity index (χ0v) is 9.99. The maximum Gasteiger partial charge on any atom is 0.573 e. The molecule has 0 saturated carbocycles. The first-order valence-electron chi connectivity index (χ1n) is 5.52. The Labute approximate surface area is 111 Å². The molecule has 0 aliphatic heterocycles. The smallest absolute Gasteiger partial charge is 0.405 e. The van der Waals surface area contributed by atoms with E-state index in [0.717, 1.165) is 6.07 Å². The minimum Gasteiger partial charge on any atom is -0.405 e. The van der Waals surface area contributed by atoms with Crippen molar-refractivity contribution < 1.29 is 27.4 Å². The van der Waals surface area contributed by atoms with Crippen molar-refractivity contribution in [2.75, 3.05) is 0 Å². The average molecular weight is 287 g/mol. The van der Waals surface area contributed by atoms with Crippen molar-refractivity contribution in [1.29, 1.82) is 0 Å². The fourth-order valence-corrected chi connectivity index (χ4v) is 1.62. The first kappa shape index (κ1) is 14.3. The molecule has 0 aliphatic carbocycles. The van der Waals surface area contributed by atoms with E-state index in [-0.39, 0.29) is 16.8 Å². The van der Waals surface area contributed by atoms with Gasteiger partial charge in [0, 0.05) is 11.1 Å². The van der Waals surface area contributed by atoms with Gasteiger partial charge in [0.1, 0.15) is 5.75 Å². The number of benzene rings is 1. The van der Waals surface area contributed by atoms with E-state index in [1.54, 1.807) is 0 Å². The van der Waals surface area contributed by atoms with E-state index >= 15 is 0 Å². The van der Waals surface area contributed by atoms with Crippen LogP contribution in [0.5, 0.6) is 5.75 Å². The molecule has 0 unspecified atom stereocenters. The second-order valence-corrected chi connectivity index (χ2v) is 3.85. The molecule has 2 aromatic rings. The summed E-state index contributed by atoms with van der Waals surface area (Å²) in [5.41, 5.74) is -0.0456. The molecule has 0 fully saturated rings. The Morgan fingerprint density at radius 3 is 2.40 bits per heavy atom. The molecule has 7 heteroatoms. The third-order valence-electron chi connectivity index (χ3n) is 2.49. The largest absolute Gasteiger partial charge is 0.573 e. The molecule has 3 nitrogen and oxygen atoms in total. The average Bonchev–Trinajstić information content (AvgIpc) is 2.37. The molecule has 106 valence electrons. The van der Waals surface area contributed by atoms with Crippen LogP contribution in [0.4, 0.5) is 17.6 Å². The lowest BCUT2D eigenvalue weighted by Crippen LogP contribution is -2.17. The number of halogens is 4. The van der Waals surface area contributed by atoms with Crippen molar-refractivity contribution in [2.24, 2.45) is 0 Å². The first-order valence-corrected chi connectivity index (χ1v) is 5.52. The highest BCUT2D eigenvalue weighted by Crippen LogP contribution is 2.32. The SMILES string of the molecule is OCc1ccc(-c2ccccc2OC(F)(F)F)nc1F. The van der Waals surface area contributed by atoms with E-state index in [0.29, 0.717) is 0 Å². The lowest BCUT2D eigenvalue weighted by atomic mass is 10.1. The maximum atomic E-state index is 13.5. The van der Waals surface area contributed by atoms with Gasteiger partial charge in [-0.3, -0.25) is 0 Å². The van der Waals surface area contributed by atoms with Gasteiger partial charge >= 0.3 is 6.36 Å². The second kappa shape index (κ2) is 5.46. The summed E-state index contributed by atoms with van der Waals surface area (Å²) in [5.74, 6) is -1.41. The minimum absolute atomic E-state index is 0.00761. The summed E-state index contributed by atoms with van der Waals surface area (Å²) in [6.45, 7) is -0.542. The van der Waals surface area contributed by atoms with Crippen molar-refractivity contribution in [1.82, 2.24) is 4.98 Å². The number of pyridine rings is 1. The number of aromatic nitrogens is 1. The Morgan fingerprint density at radius 2 is 1.80 bits per heavy atom. The van der Waals surface area contributed by atoms with Gasteiger partial charge in [-0.25, -0.2) is 4.98 Å². The molecule has 1 aromatic heterocycles. The molecule has 0 amide bonds. The lowest BCUT2D eigenvalue weighted by Gasteiger charge is -2.13. The lowest BCUT2D eigenvalue weighted by molar-refractivity contribution is -0.274. The molecule has 0 spiro atoms. The van der Waals surface area contributed by atoms with Gasteiger partial charge in [0.2, 0.25) is 5.95 Å². The fraction of sp³-hybridized carbons (Fsp3) is 0.154. The Hall–Kier alpha value is -2.15. The number of ether oxygens (including phenoxy) is 1. The van der Waals surface area contributed by atoms with Crippen molar-refractivity contribution in [3.05, 3.63) is 47.9 Å². The molecule has 0 saturated heterocycles. The molecule has 0 aliphatic rings. The Balaban J connectivity index is 2.45. The maximum absolute atomic E-state index is 13.5. The third kappa shape index (κ3) is 3.24. The van der Waals surface area contributed by atoms with Gasteiger partial charge in [-0.05, 0) is 24.3 Å². The molecule has 20 heavy (non-hydrogen) atoms. The summed E-state index contributed by atoms with van der Waals surface area (Å²) >= 11 is 0. The molecule has 1 heterocycles. The van der Waals surface area contributed by atoms with Crippen molar-refractivity contribution in [3.63, 3.8) is 0 Å². The predicted octanol–water partition coefficient (Wildman–Crippen LogP) is 3.28. The monoisotopic (exact) mass is 287 g/mol. The van der Waals surface area contributed by atoms with Gasteiger partial charge in [0.25, 0.3) is 0 Å². The number of aliphatic hydroxyl groups is 1. The number of aliphatic hydroxyl groups excluding tert-OH is 1. The summed E-state index contributed by atoms with van der Waals surface area (Å²) in [7, 11) is 0. The molecular formula is C13H9F4NO2. The summed E-state index contributed by atoms with van der Waals surface area (Å²) in [6.07, 6.45) is -4.85. The topological polar surface area (TPSA) is 42.4 Å². The highest BCUT2D eigenvalue weighted by molar-refractivity contribution is 5.67. The van der Waals surface area contributed by atoms with Crippen molar-refractivity contribution in [2.45, 2.75) is 13.0 Å². The van der Waals surface area contributed by atoms with Crippen molar-refractivity contribution in [3.8, 4) is 17.0 Å². The van der Waals surface area contributed by atoms with E-state index in [4.69, 9.17) is 5.11 Å².